The first-order valence-electron chi connectivity index (χ1n) is 8.86. The molecule has 0 unspecified atom stereocenters. The molecular formula is C20H24N2O2S. The molecule has 0 radical (unpaired) electrons. The van der Waals surface area contributed by atoms with Crippen molar-refractivity contribution in [2.45, 2.75) is 43.3 Å². The van der Waals surface area contributed by atoms with Crippen LogP contribution in [-0.4, -0.2) is 42.8 Å². The fourth-order valence-electron chi connectivity index (χ4n) is 4.20. The van der Waals surface area contributed by atoms with Gasteiger partial charge >= 0.3 is 0 Å². The number of aryl methyl sites for hydroxylation is 1. The quantitative estimate of drug-likeness (QED) is 0.845. The Hall–Kier alpha value is -1.69. The van der Waals surface area contributed by atoms with E-state index in [1.165, 1.54) is 5.56 Å². The molecule has 0 saturated carbocycles. The average Bonchev–Trinajstić information content (AvgIpc) is 3.23. The average molecular weight is 356 g/mol. The summed E-state index contributed by atoms with van der Waals surface area (Å²) in [5, 5.41) is 0. The molecule has 4 rings (SSSR count). The molecule has 2 aromatic carbocycles. The molecule has 2 heterocycles. The minimum Gasteiger partial charge on any atom is -0.291 e. The van der Waals surface area contributed by atoms with Crippen molar-refractivity contribution in [3.8, 4) is 0 Å². The van der Waals surface area contributed by atoms with Crippen molar-refractivity contribution < 1.29 is 8.42 Å². The van der Waals surface area contributed by atoms with Gasteiger partial charge in [-0.3, -0.25) is 4.90 Å². The molecule has 2 bridgehead atoms. The monoisotopic (exact) mass is 356 g/mol. The highest BCUT2D eigenvalue weighted by Crippen LogP contribution is 2.39. The zero-order chi connectivity index (χ0) is 17.6. The van der Waals surface area contributed by atoms with E-state index >= 15 is 0 Å². The number of benzene rings is 2. The van der Waals surface area contributed by atoms with Crippen molar-refractivity contribution in [2.24, 2.45) is 0 Å². The van der Waals surface area contributed by atoms with Crippen molar-refractivity contribution in [3.05, 3.63) is 65.7 Å². The van der Waals surface area contributed by atoms with Crippen LogP contribution in [0.3, 0.4) is 0 Å². The molecule has 0 N–H and O–H groups in total. The Labute approximate surface area is 150 Å². The van der Waals surface area contributed by atoms with Crippen LogP contribution in [0.4, 0.5) is 0 Å². The summed E-state index contributed by atoms with van der Waals surface area (Å²) < 4.78 is 27.7. The topological polar surface area (TPSA) is 40.6 Å². The second-order valence-corrected chi connectivity index (χ2v) is 9.11. The van der Waals surface area contributed by atoms with E-state index in [1.54, 1.807) is 16.4 Å². The molecule has 2 aliphatic heterocycles. The minimum atomic E-state index is -3.39. The SMILES string of the molecule is Cc1ccc(S(=O)(=O)N2C[C@@H]3C[C@H]2CN3[C@H](C)c2ccccc2)cc1. The van der Waals surface area contributed by atoms with Gasteiger partial charge in [-0.1, -0.05) is 48.0 Å². The van der Waals surface area contributed by atoms with Gasteiger partial charge in [0.25, 0.3) is 0 Å². The van der Waals surface area contributed by atoms with Crippen molar-refractivity contribution in [2.75, 3.05) is 13.1 Å². The number of fused-ring (bicyclic) bond motifs is 2. The maximum atomic E-state index is 13.0. The van der Waals surface area contributed by atoms with Crippen molar-refractivity contribution in [1.29, 1.82) is 0 Å². The third-order valence-electron chi connectivity index (χ3n) is 5.64. The summed E-state index contributed by atoms with van der Waals surface area (Å²) in [6.07, 6.45) is 0.933. The molecule has 0 amide bonds. The van der Waals surface area contributed by atoms with Gasteiger partial charge in [0.2, 0.25) is 10.0 Å². The van der Waals surface area contributed by atoms with Gasteiger partial charge in [-0.2, -0.15) is 4.31 Å². The zero-order valence-corrected chi connectivity index (χ0v) is 15.5. The van der Waals surface area contributed by atoms with Gasteiger partial charge in [0.05, 0.1) is 4.90 Å². The Morgan fingerprint density at radius 2 is 1.64 bits per heavy atom. The maximum Gasteiger partial charge on any atom is 0.243 e. The third-order valence-corrected chi connectivity index (χ3v) is 7.57. The predicted molar refractivity (Wildman–Crippen MR) is 98.8 cm³/mol. The molecular weight excluding hydrogens is 332 g/mol. The molecule has 2 aromatic rings. The Balaban J connectivity index is 1.52. The van der Waals surface area contributed by atoms with Gasteiger partial charge in [0.15, 0.2) is 0 Å². The molecule has 132 valence electrons. The van der Waals surface area contributed by atoms with Crippen molar-refractivity contribution in [1.82, 2.24) is 9.21 Å². The van der Waals surface area contributed by atoms with Crippen LogP contribution in [0.2, 0.25) is 0 Å². The van der Waals surface area contributed by atoms with Crippen LogP contribution in [0.25, 0.3) is 0 Å². The summed E-state index contributed by atoms with van der Waals surface area (Å²) in [6, 6.07) is 18.3. The summed E-state index contributed by atoms with van der Waals surface area (Å²) in [7, 11) is -3.39. The zero-order valence-electron chi connectivity index (χ0n) is 14.7. The maximum absolute atomic E-state index is 13.0. The van der Waals surface area contributed by atoms with Crippen LogP contribution in [-0.2, 0) is 10.0 Å². The van der Waals surface area contributed by atoms with Crippen LogP contribution < -0.4 is 0 Å². The first-order chi connectivity index (χ1) is 12.0. The molecule has 5 heteroatoms. The van der Waals surface area contributed by atoms with E-state index in [-0.39, 0.29) is 6.04 Å². The molecule has 0 aromatic heterocycles. The molecule has 2 saturated heterocycles. The lowest BCUT2D eigenvalue weighted by atomic mass is 10.1. The van der Waals surface area contributed by atoms with Crippen LogP contribution >= 0.6 is 0 Å². The first kappa shape index (κ1) is 16.8. The van der Waals surface area contributed by atoms with Gasteiger partial charge in [-0.05, 0) is 38.0 Å². The van der Waals surface area contributed by atoms with E-state index in [9.17, 15) is 8.42 Å². The van der Waals surface area contributed by atoms with Gasteiger partial charge in [0, 0.05) is 31.2 Å². The summed E-state index contributed by atoms with van der Waals surface area (Å²) in [6.45, 7) is 5.59. The van der Waals surface area contributed by atoms with Crippen LogP contribution in [0.5, 0.6) is 0 Å². The highest BCUT2D eigenvalue weighted by molar-refractivity contribution is 7.89. The number of hydrogen-bond acceptors (Lipinski definition) is 3. The van der Waals surface area contributed by atoms with Gasteiger partial charge in [-0.15, -0.1) is 0 Å². The second kappa shape index (κ2) is 6.24. The Morgan fingerprint density at radius 3 is 2.24 bits per heavy atom. The van der Waals surface area contributed by atoms with E-state index in [4.69, 9.17) is 0 Å². The lowest BCUT2D eigenvalue weighted by Crippen LogP contribution is -2.49. The Bertz CT molecular complexity index is 849. The molecule has 3 atom stereocenters. The summed E-state index contributed by atoms with van der Waals surface area (Å²) in [5.74, 6) is 0. The smallest absolute Gasteiger partial charge is 0.243 e. The molecule has 2 aliphatic rings. The van der Waals surface area contributed by atoms with E-state index in [1.807, 2.05) is 25.1 Å². The van der Waals surface area contributed by atoms with Gasteiger partial charge in [-0.25, -0.2) is 8.42 Å². The highest BCUT2D eigenvalue weighted by Gasteiger charge is 2.49. The normalized spacial score (nSPS) is 25.4. The fourth-order valence-corrected chi connectivity index (χ4v) is 5.86. The lowest BCUT2D eigenvalue weighted by molar-refractivity contribution is 0.138. The number of rotatable bonds is 4. The number of sulfonamides is 1. The van der Waals surface area contributed by atoms with Crippen LogP contribution in [0.15, 0.2) is 59.5 Å². The van der Waals surface area contributed by atoms with Crippen molar-refractivity contribution in [3.63, 3.8) is 0 Å². The lowest BCUT2D eigenvalue weighted by Gasteiger charge is -2.37. The highest BCUT2D eigenvalue weighted by atomic mass is 32.2. The number of hydrogen-bond donors (Lipinski definition) is 0. The van der Waals surface area contributed by atoms with E-state index in [0.717, 1.165) is 18.5 Å². The number of nitrogens with zero attached hydrogens (tertiary/aromatic N) is 2. The first-order valence-corrected chi connectivity index (χ1v) is 10.3. The van der Waals surface area contributed by atoms with E-state index in [0.29, 0.717) is 23.5 Å². The van der Waals surface area contributed by atoms with Gasteiger partial charge in [0.1, 0.15) is 0 Å². The van der Waals surface area contributed by atoms with E-state index in [2.05, 4.69) is 36.1 Å². The summed E-state index contributed by atoms with van der Waals surface area (Å²) in [5.41, 5.74) is 2.37. The summed E-state index contributed by atoms with van der Waals surface area (Å²) >= 11 is 0. The summed E-state index contributed by atoms with van der Waals surface area (Å²) in [4.78, 5) is 2.87. The Morgan fingerprint density at radius 1 is 0.960 bits per heavy atom. The largest absolute Gasteiger partial charge is 0.291 e. The minimum absolute atomic E-state index is 0.0856. The predicted octanol–water partition coefficient (Wildman–Crippen LogP) is 3.20. The molecule has 25 heavy (non-hydrogen) atoms. The number of likely N-dealkylation sites (tertiary alicyclic amines) is 1. The second-order valence-electron chi connectivity index (χ2n) is 7.21. The fraction of sp³-hybridized carbons (Fsp3) is 0.400. The molecule has 4 nitrogen and oxygen atoms in total. The van der Waals surface area contributed by atoms with Gasteiger partial charge < -0.3 is 0 Å². The standard InChI is InChI=1S/C20H24N2O2S/c1-15-8-10-20(11-9-15)25(23,24)22-14-18-12-19(22)13-21(18)16(2)17-6-4-3-5-7-17/h3-11,16,18-19H,12-14H2,1-2H3/t16-,18+,19+/m1/s1. The molecule has 2 fully saturated rings. The van der Waals surface area contributed by atoms with Crippen molar-refractivity contribution >= 4 is 10.0 Å². The molecule has 0 spiro atoms. The Kier molecular flexibility index (Phi) is 4.18. The van der Waals surface area contributed by atoms with Crippen LogP contribution in [0, 0.1) is 6.92 Å². The van der Waals surface area contributed by atoms with E-state index < -0.39 is 10.0 Å². The van der Waals surface area contributed by atoms with Crippen LogP contribution in [0.1, 0.15) is 30.5 Å². The molecule has 0 aliphatic carbocycles. The third kappa shape index (κ3) is 2.90. The number of piperazine rings is 1.